The maximum Gasteiger partial charge on any atom is 0.343 e. The van der Waals surface area contributed by atoms with Gasteiger partial charge in [0.25, 0.3) is 0 Å². The van der Waals surface area contributed by atoms with Crippen molar-refractivity contribution in [2.45, 2.75) is 25.3 Å². The van der Waals surface area contributed by atoms with Crippen molar-refractivity contribution in [2.24, 2.45) is 0 Å². The van der Waals surface area contributed by atoms with Gasteiger partial charge < -0.3 is 18.7 Å². The molecular formula is C22H23O6Si. The summed E-state index contributed by atoms with van der Waals surface area (Å²) in [7, 11) is 1.08. The summed E-state index contributed by atoms with van der Waals surface area (Å²) in [5, 5.41) is 0. The maximum absolute atomic E-state index is 12.3. The lowest BCUT2D eigenvalue weighted by Crippen LogP contribution is -2.08. The molecule has 2 aromatic carbocycles. The van der Waals surface area contributed by atoms with Gasteiger partial charge in [-0.3, -0.25) is 0 Å². The van der Waals surface area contributed by atoms with Gasteiger partial charge in [0.1, 0.15) is 11.5 Å². The molecule has 1 radical (unpaired) electrons. The molecule has 0 N–H and O–H groups in total. The highest BCUT2D eigenvalue weighted by molar-refractivity contribution is 6.16. The fourth-order valence-electron chi connectivity index (χ4n) is 2.40. The number of hydrogen-bond donors (Lipinski definition) is 0. The topological polar surface area (TPSA) is 78.9 Å². The van der Waals surface area contributed by atoms with Gasteiger partial charge in [-0.15, -0.1) is 0 Å². The molecule has 0 aromatic heterocycles. The van der Waals surface area contributed by atoms with Crippen LogP contribution in [0.2, 0.25) is 6.04 Å². The Morgan fingerprint density at radius 1 is 0.931 bits per heavy atom. The molecule has 0 spiro atoms. The van der Waals surface area contributed by atoms with Gasteiger partial charge in [0, 0.05) is 6.08 Å². The number of benzene rings is 2. The number of carbonyl (C=O) groups is 2. The van der Waals surface area contributed by atoms with Crippen LogP contribution in [0.1, 0.15) is 35.2 Å². The van der Waals surface area contributed by atoms with E-state index in [0.717, 1.165) is 30.9 Å². The fraction of sp³-hybridized carbons (Fsp3) is 0.273. The van der Waals surface area contributed by atoms with E-state index in [1.54, 1.807) is 54.6 Å². The Balaban J connectivity index is 1.82. The van der Waals surface area contributed by atoms with Crippen LogP contribution in [-0.4, -0.2) is 35.1 Å². The predicted octanol–water partition coefficient (Wildman–Crippen LogP) is 4.11. The molecule has 0 aliphatic carbocycles. The summed E-state index contributed by atoms with van der Waals surface area (Å²) >= 11 is 0. The van der Waals surface area contributed by atoms with Crippen molar-refractivity contribution in [3.8, 4) is 11.5 Å². The van der Waals surface area contributed by atoms with Gasteiger partial charge >= 0.3 is 21.3 Å². The van der Waals surface area contributed by atoms with Crippen molar-refractivity contribution in [2.75, 3.05) is 13.7 Å². The smallest absolute Gasteiger partial charge is 0.343 e. The summed E-state index contributed by atoms with van der Waals surface area (Å²) in [6, 6.07) is 14.3. The van der Waals surface area contributed by atoms with E-state index in [0.29, 0.717) is 23.7 Å². The van der Waals surface area contributed by atoms with Crippen LogP contribution in [0.25, 0.3) is 6.08 Å². The van der Waals surface area contributed by atoms with Crippen LogP contribution in [0.5, 0.6) is 11.5 Å². The highest BCUT2D eigenvalue weighted by Crippen LogP contribution is 2.17. The number of carbonyl (C=O) groups excluding carboxylic acids is 2. The van der Waals surface area contributed by atoms with Crippen molar-refractivity contribution < 1.29 is 28.3 Å². The van der Waals surface area contributed by atoms with Gasteiger partial charge in [0.05, 0.1) is 19.3 Å². The molecule has 0 bridgehead atoms. The Kier molecular flexibility index (Phi) is 9.51. The van der Waals surface area contributed by atoms with Gasteiger partial charge in [-0.2, -0.15) is 0 Å². The van der Waals surface area contributed by atoms with E-state index in [1.807, 2.05) is 0 Å². The van der Waals surface area contributed by atoms with E-state index in [9.17, 15) is 14.1 Å². The maximum atomic E-state index is 12.3. The minimum absolute atomic E-state index is 0.229. The first-order valence-corrected chi connectivity index (χ1v) is 10.4. The third-order valence-electron chi connectivity index (χ3n) is 3.99. The van der Waals surface area contributed by atoms with Crippen LogP contribution in [0, 0.1) is 0 Å². The second kappa shape index (κ2) is 12.4. The Morgan fingerprint density at radius 2 is 1.62 bits per heavy atom. The van der Waals surface area contributed by atoms with Gasteiger partial charge in [-0.25, -0.2) is 9.59 Å². The Labute approximate surface area is 172 Å². The monoisotopic (exact) mass is 411 g/mol. The third kappa shape index (κ3) is 8.23. The minimum Gasteiger partial charge on any atom is -0.494 e. The number of rotatable bonds is 11. The number of ether oxygens (including phenoxy) is 3. The summed E-state index contributed by atoms with van der Waals surface area (Å²) in [5.74, 6) is 0.193. The molecule has 0 aliphatic rings. The van der Waals surface area contributed by atoms with E-state index >= 15 is 0 Å². The Bertz CT molecular complexity index is 827. The number of unbranched alkanes of at least 4 members (excludes halogenated alkanes) is 2. The second-order valence-corrected chi connectivity index (χ2v) is 6.93. The quantitative estimate of drug-likeness (QED) is 0.182. The van der Waals surface area contributed by atoms with Crippen LogP contribution < -0.4 is 9.47 Å². The zero-order valence-electron chi connectivity index (χ0n) is 16.3. The molecule has 2 aromatic rings. The molecule has 0 fully saturated rings. The van der Waals surface area contributed by atoms with Crippen LogP contribution in [0.15, 0.2) is 54.6 Å². The predicted molar refractivity (Wildman–Crippen MR) is 109 cm³/mol. The van der Waals surface area contributed by atoms with Crippen molar-refractivity contribution in [1.29, 1.82) is 0 Å². The summed E-state index contributed by atoms with van der Waals surface area (Å²) in [5.41, 5.74) is 1.20. The largest absolute Gasteiger partial charge is 0.494 e. The molecule has 0 amide bonds. The van der Waals surface area contributed by atoms with Crippen molar-refractivity contribution >= 4 is 27.4 Å². The molecule has 6 nitrogen and oxygen atoms in total. The highest BCUT2D eigenvalue weighted by atomic mass is 28.2. The SMILES string of the molecule is COC(=O)C=Cc1ccc(OC(=O)c2ccc(OCCCCC[Si]=O)cc2)cc1. The average Bonchev–Trinajstić information content (AvgIpc) is 2.75. The molecule has 29 heavy (non-hydrogen) atoms. The van der Waals surface area contributed by atoms with Crippen LogP contribution in [-0.2, 0) is 14.0 Å². The zero-order chi connectivity index (χ0) is 20.9. The molecule has 0 atom stereocenters. The van der Waals surface area contributed by atoms with Crippen LogP contribution in [0.4, 0.5) is 0 Å². The lowest BCUT2D eigenvalue weighted by Gasteiger charge is -2.07. The first-order chi connectivity index (χ1) is 14.1. The molecule has 2 rings (SSSR count). The van der Waals surface area contributed by atoms with Gasteiger partial charge in [-0.1, -0.05) is 12.1 Å². The second-order valence-electron chi connectivity index (χ2n) is 6.14. The number of esters is 2. The fourth-order valence-corrected chi connectivity index (χ4v) is 2.79. The van der Waals surface area contributed by atoms with Crippen LogP contribution >= 0.6 is 0 Å². The van der Waals surface area contributed by atoms with E-state index in [2.05, 4.69) is 4.74 Å². The van der Waals surface area contributed by atoms with E-state index in [-0.39, 0.29) is 9.41 Å². The molecule has 0 heterocycles. The van der Waals surface area contributed by atoms with Gasteiger partial charge in [0.15, 0.2) is 0 Å². The lowest BCUT2D eigenvalue weighted by atomic mass is 10.2. The molecular weight excluding hydrogens is 388 g/mol. The Morgan fingerprint density at radius 3 is 2.28 bits per heavy atom. The van der Waals surface area contributed by atoms with E-state index < -0.39 is 11.9 Å². The summed E-state index contributed by atoms with van der Waals surface area (Å²) in [6.07, 6.45) is 5.76. The van der Waals surface area contributed by atoms with Crippen molar-refractivity contribution in [3.63, 3.8) is 0 Å². The molecule has 151 valence electrons. The lowest BCUT2D eigenvalue weighted by molar-refractivity contribution is -0.134. The van der Waals surface area contributed by atoms with Gasteiger partial charge in [-0.05, 0) is 73.3 Å². The molecule has 0 saturated carbocycles. The van der Waals surface area contributed by atoms with Crippen LogP contribution in [0.3, 0.4) is 0 Å². The standard InChI is InChI=1S/C22H23O6Si/c1-26-21(23)14-7-17-5-10-20(11-6-17)28-22(24)18-8-12-19(13-9-18)27-15-3-2-4-16-29-25/h5-14H,2-4,15-16H2,1H3. The summed E-state index contributed by atoms with van der Waals surface area (Å²) in [4.78, 5) is 23.4. The normalized spacial score (nSPS) is 10.5. The molecule has 0 saturated heterocycles. The first kappa shape index (κ1) is 22.2. The van der Waals surface area contributed by atoms with Crippen molar-refractivity contribution in [3.05, 3.63) is 65.7 Å². The number of methoxy groups -OCH3 is 1. The zero-order valence-corrected chi connectivity index (χ0v) is 17.3. The molecule has 7 heteroatoms. The third-order valence-corrected chi connectivity index (χ3v) is 4.54. The Hall–Kier alpha value is -3.06. The van der Waals surface area contributed by atoms with Crippen molar-refractivity contribution in [1.82, 2.24) is 0 Å². The van der Waals surface area contributed by atoms with E-state index in [1.165, 1.54) is 13.2 Å². The summed E-state index contributed by atoms with van der Waals surface area (Å²) < 4.78 is 25.9. The molecule has 0 aliphatic heterocycles. The molecule has 0 unspecified atom stereocenters. The number of hydrogen-bond acceptors (Lipinski definition) is 6. The van der Waals surface area contributed by atoms with E-state index in [4.69, 9.17) is 9.47 Å². The summed E-state index contributed by atoms with van der Waals surface area (Å²) in [6.45, 7) is 0.586. The average molecular weight is 412 g/mol. The highest BCUT2D eigenvalue weighted by Gasteiger charge is 2.09. The van der Waals surface area contributed by atoms with Gasteiger partial charge in [0.2, 0.25) is 0 Å². The first-order valence-electron chi connectivity index (χ1n) is 9.28. The minimum atomic E-state index is -0.465.